The van der Waals surface area contributed by atoms with Crippen LogP contribution in [0.2, 0.25) is 0 Å². The molecule has 0 saturated carbocycles. The monoisotopic (exact) mass is 267 g/mol. The number of carbonyl (C=O) groups excluding carboxylic acids is 1. The Bertz CT molecular complexity index is 466. The molecule has 1 unspecified atom stereocenters. The molecule has 0 aromatic heterocycles. The van der Waals surface area contributed by atoms with Crippen LogP contribution in [0.5, 0.6) is 0 Å². The normalized spacial score (nSPS) is 12.9. The molecule has 1 rings (SSSR count). The number of carbonyl (C=O) groups is 1. The molecule has 4 nitrogen and oxygen atoms in total. The lowest BCUT2D eigenvalue weighted by atomic mass is 10.1. The fraction of sp³-hybridized carbons (Fsp3) is 0.385. The Kier molecular flexibility index (Phi) is 4.53. The van der Waals surface area contributed by atoms with Gasteiger partial charge in [-0.15, -0.1) is 0 Å². The van der Waals surface area contributed by atoms with Crippen molar-refractivity contribution < 1.29 is 14.1 Å². The molecule has 0 saturated heterocycles. The number of methoxy groups -OCH3 is 1. The first-order chi connectivity index (χ1) is 8.27. The van der Waals surface area contributed by atoms with Crippen LogP contribution >= 0.6 is 0 Å². The van der Waals surface area contributed by atoms with E-state index in [1.807, 2.05) is 20.8 Å². The van der Waals surface area contributed by atoms with Crippen molar-refractivity contribution in [3.63, 3.8) is 0 Å². The molecule has 0 bridgehead atoms. The maximum absolute atomic E-state index is 12.1. The molecular weight excluding hydrogens is 250 g/mol. The summed E-state index contributed by atoms with van der Waals surface area (Å²) in [6.45, 7) is 5.42. The Labute approximate surface area is 110 Å². The van der Waals surface area contributed by atoms with Crippen LogP contribution in [0.1, 0.15) is 36.7 Å². The van der Waals surface area contributed by atoms with Crippen molar-refractivity contribution >= 4 is 22.2 Å². The summed E-state index contributed by atoms with van der Waals surface area (Å²) in [4.78, 5) is 11.4. The topological polar surface area (TPSA) is 73.2 Å². The van der Waals surface area contributed by atoms with Crippen LogP contribution in [0.4, 0.5) is 0 Å². The van der Waals surface area contributed by atoms with Crippen LogP contribution in [0.3, 0.4) is 0 Å². The number of ether oxygens (including phenoxy) is 1. The molecule has 1 N–H and O–H groups in total. The van der Waals surface area contributed by atoms with Gasteiger partial charge in [0.1, 0.15) is 4.75 Å². The molecule has 0 aliphatic heterocycles. The first-order valence-corrected chi connectivity index (χ1v) is 6.61. The van der Waals surface area contributed by atoms with E-state index in [1.54, 1.807) is 18.2 Å². The van der Waals surface area contributed by atoms with E-state index in [0.29, 0.717) is 11.1 Å². The molecule has 5 heteroatoms. The quantitative estimate of drug-likeness (QED) is 0.387. The van der Waals surface area contributed by atoms with Gasteiger partial charge in [-0.1, -0.05) is 6.07 Å². The molecule has 0 aliphatic carbocycles. The first kappa shape index (κ1) is 14.7. The summed E-state index contributed by atoms with van der Waals surface area (Å²) >= 11 is -1.43. The van der Waals surface area contributed by atoms with Gasteiger partial charge >= 0.3 is 5.97 Å². The van der Waals surface area contributed by atoms with E-state index in [0.717, 1.165) is 0 Å². The van der Waals surface area contributed by atoms with Crippen molar-refractivity contribution in [2.75, 3.05) is 7.11 Å². The fourth-order valence-electron chi connectivity index (χ4n) is 1.32. The summed E-state index contributed by atoms with van der Waals surface area (Å²) in [7, 11) is 1.30. The van der Waals surface area contributed by atoms with Crippen molar-refractivity contribution in [2.45, 2.75) is 25.5 Å². The third kappa shape index (κ3) is 3.34. The molecule has 98 valence electrons. The van der Waals surface area contributed by atoms with E-state index < -0.39 is 21.9 Å². The molecule has 0 heterocycles. The number of esters is 1. The van der Waals surface area contributed by atoms with E-state index in [2.05, 4.69) is 4.74 Å². The van der Waals surface area contributed by atoms with Gasteiger partial charge in [0, 0.05) is 11.2 Å². The van der Waals surface area contributed by atoms with Crippen molar-refractivity contribution in [2.24, 2.45) is 0 Å². The molecule has 0 spiro atoms. The summed E-state index contributed by atoms with van der Waals surface area (Å²) in [5, 5.41) is 7.96. The molecule has 0 radical (unpaired) electrons. The summed E-state index contributed by atoms with van der Waals surface area (Å²) in [5.41, 5.74) is 0.830. The van der Waals surface area contributed by atoms with Gasteiger partial charge in [0.05, 0.1) is 18.2 Å². The zero-order chi connectivity index (χ0) is 13.9. The SMILES string of the molecule is COC(=O)c1cccc(C(=N)[S+]([O-])C(C)(C)C)c1. The highest BCUT2D eigenvalue weighted by Gasteiger charge is 2.31. The molecule has 18 heavy (non-hydrogen) atoms. The van der Waals surface area contributed by atoms with E-state index in [-0.39, 0.29) is 5.04 Å². The minimum Gasteiger partial charge on any atom is -0.610 e. The highest BCUT2D eigenvalue weighted by Crippen LogP contribution is 2.21. The summed E-state index contributed by atoms with van der Waals surface area (Å²) < 4.78 is 16.2. The Morgan fingerprint density at radius 2 is 1.89 bits per heavy atom. The van der Waals surface area contributed by atoms with E-state index in [1.165, 1.54) is 13.2 Å². The summed E-state index contributed by atoms with van der Waals surface area (Å²) in [6.07, 6.45) is 0. The Hall–Kier alpha value is -1.33. The van der Waals surface area contributed by atoms with Crippen LogP contribution in [-0.2, 0) is 15.9 Å². The lowest BCUT2D eigenvalue weighted by molar-refractivity contribution is 0.0600. The molecule has 0 fully saturated rings. The minimum absolute atomic E-state index is 0.0215. The largest absolute Gasteiger partial charge is 0.610 e. The van der Waals surface area contributed by atoms with E-state index >= 15 is 0 Å². The van der Waals surface area contributed by atoms with Crippen molar-refractivity contribution in [1.82, 2.24) is 0 Å². The van der Waals surface area contributed by atoms with Gasteiger partial charge in [-0.2, -0.15) is 0 Å². The highest BCUT2D eigenvalue weighted by atomic mass is 32.2. The van der Waals surface area contributed by atoms with Gasteiger partial charge in [0.15, 0.2) is 0 Å². The fourth-order valence-corrected chi connectivity index (χ4v) is 2.27. The predicted molar refractivity (Wildman–Crippen MR) is 72.5 cm³/mol. The Balaban J connectivity index is 3.04. The average molecular weight is 267 g/mol. The third-order valence-corrected chi connectivity index (χ3v) is 4.01. The summed E-state index contributed by atoms with van der Waals surface area (Å²) in [5.74, 6) is -0.466. The van der Waals surface area contributed by atoms with Crippen LogP contribution in [0, 0.1) is 5.41 Å². The molecule has 0 aliphatic rings. The molecule has 1 aromatic carbocycles. The second-order valence-corrected chi connectivity index (χ2v) is 6.95. The lowest BCUT2D eigenvalue weighted by Gasteiger charge is -2.24. The van der Waals surface area contributed by atoms with Gasteiger partial charge in [0.2, 0.25) is 5.04 Å². The summed E-state index contributed by atoms with van der Waals surface area (Å²) in [6, 6.07) is 6.44. The highest BCUT2D eigenvalue weighted by molar-refractivity contribution is 8.07. The van der Waals surface area contributed by atoms with E-state index in [4.69, 9.17) is 5.41 Å². The van der Waals surface area contributed by atoms with Gasteiger partial charge in [0.25, 0.3) is 0 Å². The van der Waals surface area contributed by atoms with Gasteiger partial charge < -0.3 is 9.29 Å². The van der Waals surface area contributed by atoms with Crippen LogP contribution in [0.25, 0.3) is 0 Å². The van der Waals surface area contributed by atoms with Gasteiger partial charge in [-0.25, -0.2) is 4.79 Å². The first-order valence-electron chi connectivity index (χ1n) is 5.46. The van der Waals surface area contributed by atoms with Crippen molar-refractivity contribution in [3.05, 3.63) is 35.4 Å². The third-order valence-electron chi connectivity index (χ3n) is 2.29. The Morgan fingerprint density at radius 3 is 2.39 bits per heavy atom. The zero-order valence-corrected chi connectivity index (χ0v) is 11.8. The van der Waals surface area contributed by atoms with Gasteiger partial charge in [-0.3, -0.25) is 5.41 Å². The van der Waals surface area contributed by atoms with Crippen LogP contribution < -0.4 is 0 Å². The maximum atomic E-state index is 12.1. The molecular formula is C13H17NO3S. The lowest BCUT2D eigenvalue weighted by Crippen LogP contribution is -2.34. The number of benzene rings is 1. The predicted octanol–water partition coefficient (Wildman–Crippen LogP) is 2.35. The molecule has 0 amide bonds. The van der Waals surface area contributed by atoms with Crippen molar-refractivity contribution in [3.8, 4) is 0 Å². The number of nitrogens with one attached hydrogen (secondary N) is 1. The minimum atomic E-state index is -1.43. The number of hydrogen-bond acceptors (Lipinski definition) is 4. The van der Waals surface area contributed by atoms with E-state index in [9.17, 15) is 9.35 Å². The second kappa shape index (κ2) is 5.54. The standard InChI is InChI=1S/C13H17NO3S/c1-13(2,3)18(16)11(14)9-6-5-7-10(8-9)12(15)17-4/h5-8,14H,1-4H3. The zero-order valence-electron chi connectivity index (χ0n) is 10.9. The number of hydrogen-bond donors (Lipinski definition) is 1. The van der Waals surface area contributed by atoms with Crippen LogP contribution in [-0.4, -0.2) is 27.4 Å². The Morgan fingerprint density at radius 1 is 1.33 bits per heavy atom. The maximum Gasteiger partial charge on any atom is 0.337 e. The van der Waals surface area contributed by atoms with Crippen LogP contribution in [0.15, 0.2) is 24.3 Å². The number of rotatable bonds is 2. The second-order valence-electron chi connectivity index (χ2n) is 4.78. The molecule has 1 aromatic rings. The van der Waals surface area contributed by atoms with Gasteiger partial charge in [-0.05, 0) is 39.0 Å². The molecule has 1 atom stereocenters. The average Bonchev–Trinajstić information content (AvgIpc) is 2.35. The smallest absolute Gasteiger partial charge is 0.337 e. The van der Waals surface area contributed by atoms with Crippen molar-refractivity contribution in [1.29, 1.82) is 5.41 Å².